The fourth-order valence-corrected chi connectivity index (χ4v) is 2.72. The first-order valence-corrected chi connectivity index (χ1v) is 7.73. The molecule has 0 bridgehead atoms. The summed E-state index contributed by atoms with van der Waals surface area (Å²) in [7, 11) is 1.49. The Labute approximate surface area is 139 Å². The van der Waals surface area contributed by atoms with Crippen LogP contribution in [0, 0.1) is 0 Å². The van der Waals surface area contributed by atoms with Crippen molar-refractivity contribution in [2.75, 3.05) is 39.9 Å². The van der Waals surface area contributed by atoms with Crippen molar-refractivity contribution in [3.05, 3.63) is 35.4 Å². The Balaban J connectivity index is 1.88. The van der Waals surface area contributed by atoms with Gasteiger partial charge >= 0.3 is 6.18 Å². The highest BCUT2D eigenvalue weighted by Crippen LogP contribution is 2.29. The van der Waals surface area contributed by atoms with E-state index in [0.717, 1.165) is 6.07 Å². The summed E-state index contributed by atoms with van der Waals surface area (Å²) < 4.78 is 43.1. The summed E-state index contributed by atoms with van der Waals surface area (Å²) >= 11 is 0. The molecule has 0 radical (unpaired) electrons. The van der Waals surface area contributed by atoms with Gasteiger partial charge in [-0.3, -0.25) is 9.69 Å². The molecule has 2 rings (SSSR count). The SMILES string of the molecule is COCC(N)C(=O)N1CCN(Cc2cccc(C(F)(F)F)c2)CC1. The average Bonchev–Trinajstić information content (AvgIpc) is 2.54. The first-order valence-electron chi connectivity index (χ1n) is 7.73. The highest BCUT2D eigenvalue weighted by molar-refractivity contribution is 5.81. The van der Waals surface area contributed by atoms with E-state index in [2.05, 4.69) is 0 Å². The maximum absolute atomic E-state index is 12.7. The van der Waals surface area contributed by atoms with Gasteiger partial charge in [-0.05, 0) is 11.6 Å². The standard InChI is InChI=1S/C16H22F3N3O2/c1-24-11-14(20)15(23)22-7-5-21(6-8-22)10-12-3-2-4-13(9-12)16(17,18)19/h2-4,9,14H,5-8,10-11,20H2,1H3. The Hall–Kier alpha value is -1.64. The van der Waals surface area contributed by atoms with Crippen LogP contribution in [-0.4, -0.2) is 61.6 Å². The van der Waals surface area contributed by atoms with Crippen molar-refractivity contribution in [2.45, 2.75) is 18.8 Å². The maximum Gasteiger partial charge on any atom is 0.416 e. The van der Waals surface area contributed by atoms with Gasteiger partial charge in [-0.1, -0.05) is 18.2 Å². The Kier molecular flexibility index (Phi) is 6.20. The number of halogens is 3. The van der Waals surface area contributed by atoms with E-state index in [0.29, 0.717) is 38.3 Å². The predicted octanol–water partition coefficient (Wildman–Crippen LogP) is 1.32. The third-order valence-electron chi connectivity index (χ3n) is 4.01. The minimum absolute atomic E-state index is 0.157. The van der Waals surface area contributed by atoms with E-state index in [-0.39, 0.29) is 12.5 Å². The Morgan fingerprint density at radius 2 is 1.96 bits per heavy atom. The molecule has 134 valence electrons. The monoisotopic (exact) mass is 345 g/mol. The van der Waals surface area contributed by atoms with Gasteiger partial charge in [0.25, 0.3) is 0 Å². The van der Waals surface area contributed by atoms with Gasteiger partial charge in [0.2, 0.25) is 5.91 Å². The van der Waals surface area contributed by atoms with Gasteiger partial charge in [0.05, 0.1) is 12.2 Å². The van der Waals surface area contributed by atoms with E-state index in [1.807, 2.05) is 4.90 Å². The van der Waals surface area contributed by atoms with Gasteiger partial charge in [-0.15, -0.1) is 0 Å². The molecule has 0 saturated carbocycles. The molecule has 0 spiro atoms. The number of piperazine rings is 1. The molecule has 1 amide bonds. The summed E-state index contributed by atoms with van der Waals surface area (Å²) in [6.07, 6.45) is -4.33. The van der Waals surface area contributed by atoms with Crippen molar-refractivity contribution < 1.29 is 22.7 Å². The first kappa shape index (κ1) is 18.7. The van der Waals surface area contributed by atoms with E-state index < -0.39 is 17.8 Å². The summed E-state index contributed by atoms with van der Waals surface area (Å²) in [6.45, 7) is 2.81. The lowest BCUT2D eigenvalue weighted by Gasteiger charge is -2.35. The quantitative estimate of drug-likeness (QED) is 0.875. The van der Waals surface area contributed by atoms with Crippen molar-refractivity contribution >= 4 is 5.91 Å². The van der Waals surface area contributed by atoms with Crippen LogP contribution in [0.5, 0.6) is 0 Å². The largest absolute Gasteiger partial charge is 0.416 e. The minimum Gasteiger partial charge on any atom is -0.383 e. The Morgan fingerprint density at radius 1 is 1.29 bits per heavy atom. The number of carbonyl (C=O) groups is 1. The lowest BCUT2D eigenvalue weighted by Crippen LogP contribution is -2.53. The highest BCUT2D eigenvalue weighted by atomic mass is 19.4. The van der Waals surface area contributed by atoms with Crippen LogP contribution < -0.4 is 5.73 Å². The van der Waals surface area contributed by atoms with Crippen molar-refractivity contribution in [1.29, 1.82) is 0 Å². The molecular formula is C16H22F3N3O2. The van der Waals surface area contributed by atoms with E-state index in [9.17, 15) is 18.0 Å². The van der Waals surface area contributed by atoms with Gasteiger partial charge in [0.1, 0.15) is 6.04 Å². The van der Waals surface area contributed by atoms with E-state index >= 15 is 0 Å². The number of methoxy groups -OCH3 is 1. The third-order valence-corrected chi connectivity index (χ3v) is 4.01. The normalized spacial score (nSPS) is 17.8. The summed E-state index contributed by atoms with van der Waals surface area (Å²) in [5.74, 6) is -0.157. The van der Waals surface area contributed by atoms with Crippen LogP contribution in [0.15, 0.2) is 24.3 Å². The van der Waals surface area contributed by atoms with Crippen LogP contribution in [-0.2, 0) is 22.3 Å². The zero-order valence-corrected chi connectivity index (χ0v) is 13.6. The number of hydrogen-bond acceptors (Lipinski definition) is 4. The van der Waals surface area contributed by atoms with Crippen LogP contribution in [0.25, 0.3) is 0 Å². The van der Waals surface area contributed by atoms with Crippen LogP contribution in [0.4, 0.5) is 13.2 Å². The van der Waals surface area contributed by atoms with E-state index in [1.54, 1.807) is 11.0 Å². The summed E-state index contributed by atoms with van der Waals surface area (Å²) in [5.41, 5.74) is 5.71. The second-order valence-electron chi connectivity index (χ2n) is 5.86. The topological polar surface area (TPSA) is 58.8 Å². The number of carbonyl (C=O) groups excluding carboxylic acids is 1. The predicted molar refractivity (Wildman–Crippen MR) is 83.2 cm³/mol. The number of rotatable bonds is 5. The molecule has 5 nitrogen and oxygen atoms in total. The number of benzene rings is 1. The molecule has 1 aliphatic heterocycles. The number of alkyl halides is 3. The van der Waals surface area contributed by atoms with Gasteiger partial charge in [-0.25, -0.2) is 0 Å². The molecule has 0 aromatic heterocycles. The summed E-state index contributed by atoms with van der Waals surface area (Å²) in [6, 6.07) is 4.66. The van der Waals surface area contributed by atoms with E-state index in [4.69, 9.17) is 10.5 Å². The molecule has 1 atom stereocenters. The van der Waals surface area contributed by atoms with E-state index in [1.165, 1.54) is 19.2 Å². The van der Waals surface area contributed by atoms with Crippen LogP contribution in [0.3, 0.4) is 0 Å². The van der Waals surface area contributed by atoms with Crippen LogP contribution in [0.1, 0.15) is 11.1 Å². The Morgan fingerprint density at radius 3 is 2.54 bits per heavy atom. The van der Waals surface area contributed by atoms with Crippen molar-refractivity contribution in [1.82, 2.24) is 9.80 Å². The minimum atomic E-state index is -4.33. The molecule has 2 N–H and O–H groups in total. The molecule has 1 heterocycles. The molecule has 8 heteroatoms. The van der Waals surface area contributed by atoms with Gasteiger partial charge in [-0.2, -0.15) is 13.2 Å². The molecule has 1 aromatic carbocycles. The summed E-state index contributed by atoms with van der Waals surface area (Å²) in [5, 5.41) is 0. The first-order chi connectivity index (χ1) is 11.3. The summed E-state index contributed by atoms with van der Waals surface area (Å²) in [4.78, 5) is 15.8. The number of ether oxygens (including phenoxy) is 1. The van der Waals surface area contributed by atoms with Crippen molar-refractivity contribution in [2.24, 2.45) is 5.73 Å². The zero-order valence-electron chi connectivity index (χ0n) is 13.6. The Bertz CT molecular complexity index is 558. The molecule has 1 fully saturated rings. The van der Waals surface area contributed by atoms with Gasteiger partial charge in [0.15, 0.2) is 0 Å². The fraction of sp³-hybridized carbons (Fsp3) is 0.562. The molecular weight excluding hydrogens is 323 g/mol. The second kappa shape index (κ2) is 7.96. The second-order valence-corrected chi connectivity index (χ2v) is 5.86. The molecule has 1 aromatic rings. The number of nitrogens with two attached hydrogens (primary N) is 1. The number of hydrogen-bond donors (Lipinski definition) is 1. The lowest BCUT2D eigenvalue weighted by atomic mass is 10.1. The molecule has 0 aliphatic carbocycles. The van der Waals surface area contributed by atoms with Crippen LogP contribution in [0.2, 0.25) is 0 Å². The fourth-order valence-electron chi connectivity index (χ4n) is 2.72. The van der Waals surface area contributed by atoms with Crippen molar-refractivity contribution in [3.63, 3.8) is 0 Å². The third kappa shape index (κ3) is 4.93. The average molecular weight is 345 g/mol. The van der Waals surface area contributed by atoms with Gasteiger partial charge < -0.3 is 15.4 Å². The highest BCUT2D eigenvalue weighted by Gasteiger charge is 2.30. The van der Waals surface area contributed by atoms with Gasteiger partial charge in [0, 0.05) is 39.8 Å². The molecule has 24 heavy (non-hydrogen) atoms. The number of amides is 1. The lowest BCUT2D eigenvalue weighted by molar-refractivity contribution is -0.138. The smallest absolute Gasteiger partial charge is 0.383 e. The van der Waals surface area contributed by atoms with Crippen LogP contribution >= 0.6 is 0 Å². The molecule has 1 saturated heterocycles. The molecule has 1 unspecified atom stereocenters. The number of nitrogens with zero attached hydrogens (tertiary/aromatic N) is 2. The van der Waals surface area contributed by atoms with Crippen molar-refractivity contribution in [3.8, 4) is 0 Å². The maximum atomic E-state index is 12.7. The molecule has 1 aliphatic rings. The zero-order chi connectivity index (χ0) is 17.7.